The minimum absolute atomic E-state index is 0.0221. The molecule has 0 atom stereocenters. The molecule has 1 fully saturated rings. The summed E-state index contributed by atoms with van der Waals surface area (Å²) in [6.07, 6.45) is 6.54. The van der Waals surface area contributed by atoms with Crippen molar-refractivity contribution in [1.29, 1.82) is 0 Å². The molecule has 0 unspecified atom stereocenters. The third-order valence-electron chi connectivity index (χ3n) is 1.69. The second-order valence-electron chi connectivity index (χ2n) is 2.97. The maximum Gasteiger partial charge on any atom is 0.408 e. The zero-order valence-electron chi connectivity index (χ0n) is 6.52. The lowest BCUT2D eigenvalue weighted by Gasteiger charge is -2.09. The maximum atomic E-state index is 10.8. The van der Waals surface area contributed by atoms with Gasteiger partial charge in [-0.1, -0.05) is 5.92 Å². The fourth-order valence-corrected chi connectivity index (χ4v) is 0.702. The van der Waals surface area contributed by atoms with Gasteiger partial charge in [0.05, 0.1) is 0 Å². The SMILES string of the molecule is C#CCOC(=O)NC1(C)CC1. The molecule has 3 nitrogen and oxygen atoms in total. The standard InChI is InChI=1S/C8H11NO2/c1-3-6-11-7(10)9-8(2)4-5-8/h1H,4-6H2,2H3,(H,9,10). The van der Waals surface area contributed by atoms with Crippen LogP contribution in [0.1, 0.15) is 19.8 Å². The molecular formula is C8H11NO2. The van der Waals surface area contributed by atoms with Gasteiger partial charge in [-0.25, -0.2) is 4.79 Å². The highest BCUT2D eigenvalue weighted by Crippen LogP contribution is 2.34. The second-order valence-corrected chi connectivity index (χ2v) is 2.97. The Morgan fingerprint density at radius 1 is 1.82 bits per heavy atom. The highest BCUT2D eigenvalue weighted by atomic mass is 16.5. The molecule has 0 heterocycles. The van der Waals surface area contributed by atoms with Crippen LogP contribution in [-0.4, -0.2) is 18.2 Å². The molecule has 0 aliphatic heterocycles. The number of rotatable bonds is 2. The number of carbonyl (C=O) groups excluding carboxylic acids is 1. The summed E-state index contributed by atoms with van der Waals surface area (Å²) in [7, 11) is 0. The zero-order chi connectivity index (χ0) is 8.32. The minimum atomic E-state index is -0.414. The van der Waals surface area contributed by atoms with Crippen molar-refractivity contribution in [2.24, 2.45) is 0 Å². The van der Waals surface area contributed by atoms with Gasteiger partial charge in [0.1, 0.15) is 0 Å². The Kier molecular flexibility index (Phi) is 2.04. The third-order valence-corrected chi connectivity index (χ3v) is 1.69. The average molecular weight is 153 g/mol. The van der Waals surface area contributed by atoms with Crippen LogP contribution in [0.3, 0.4) is 0 Å². The van der Waals surface area contributed by atoms with Gasteiger partial charge in [0.25, 0.3) is 0 Å². The molecule has 3 heteroatoms. The summed E-state index contributed by atoms with van der Waals surface area (Å²) in [5, 5.41) is 2.71. The number of alkyl carbamates (subject to hydrolysis) is 1. The van der Waals surface area contributed by atoms with E-state index in [0.717, 1.165) is 12.8 Å². The van der Waals surface area contributed by atoms with E-state index in [1.165, 1.54) is 0 Å². The Morgan fingerprint density at radius 3 is 2.91 bits per heavy atom. The molecule has 60 valence electrons. The van der Waals surface area contributed by atoms with Gasteiger partial charge >= 0.3 is 6.09 Å². The number of terminal acetylenes is 1. The van der Waals surface area contributed by atoms with Crippen LogP contribution in [0, 0.1) is 12.3 Å². The first kappa shape index (κ1) is 7.93. The van der Waals surface area contributed by atoms with Gasteiger partial charge < -0.3 is 10.1 Å². The predicted molar refractivity (Wildman–Crippen MR) is 41.0 cm³/mol. The van der Waals surface area contributed by atoms with Gasteiger partial charge in [-0.05, 0) is 19.8 Å². The van der Waals surface area contributed by atoms with Crippen LogP contribution < -0.4 is 5.32 Å². The molecule has 0 aromatic carbocycles. The Morgan fingerprint density at radius 2 is 2.45 bits per heavy atom. The molecule has 0 radical (unpaired) electrons. The summed E-state index contributed by atoms with van der Waals surface area (Å²) < 4.78 is 4.62. The van der Waals surface area contributed by atoms with Crippen LogP contribution in [0.15, 0.2) is 0 Å². The summed E-state index contributed by atoms with van der Waals surface area (Å²) >= 11 is 0. The Bertz CT molecular complexity index is 201. The number of amides is 1. The van der Waals surface area contributed by atoms with Crippen molar-refractivity contribution in [3.8, 4) is 12.3 Å². The van der Waals surface area contributed by atoms with E-state index in [4.69, 9.17) is 6.42 Å². The lowest BCUT2D eigenvalue weighted by Crippen LogP contribution is -2.34. The van der Waals surface area contributed by atoms with E-state index in [0.29, 0.717) is 0 Å². The summed E-state index contributed by atoms with van der Waals surface area (Å²) in [6, 6.07) is 0. The summed E-state index contributed by atoms with van der Waals surface area (Å²) in [5.74, 6) is 2.22. The van der Waals surface area contributed by atoms with Crippen LogP contribution in [-0.2, 0) is 4.74 Å². The second kappa shape index (κ2) is 2.83. The van der Waals surface area contributed by atoms with Crippen LogP contribution in [0.2, 0.25) is 0 Å². The number of carbonyl (C=O) groups is 1. The van der Waals surface area contributed by atoms with Gasteiger partial charge in [0.15, 0.2) is 6.61 Å². The number of hydrogen-bond donors (Lipinski definition) is 1. The molecule has 0 spiro atoms. The van der Waals surface area contributed by atoms with E-state index in [2.05, 4.69) is 16.0 Å². The first-order valence-corrected chi connectivity index (χ1v) is 3.55. The van der Waals surface area contributed by atoms with Crippen molar-refractivity contribution < 1.29 is 9.53 Å². The van der Waals surface area contributed by atoms with E-state index in [1.807, 2.05) is 6.92 Å². The zero-order valence-corrected chi connectivity index (χ0v) is 6.52. The fraction of sp³-hybridized carbons (Fsp3) is 0.625. The normalized spacial score (nSPS) is 18.2. The van der Waals surface area contributed by atoms with E-state index in [1.54, 1.807) is 0 Å². The van der Waals surface area contributed by atoms with Gasteiger partial charge in [-0.2, -0.15) is 0 Å². The highest BCUT2D eigenvalue weighted by Gasteiger charge is 2.39. The van der Waals surface area contributed by atoms with Crippen LogP contribution in [0.25, 0.3) is 0 Å². The smallest absolute Gasteiger partial charge is 0.408 e. The van der Waals surface area contributed by atoms with E-state index < -0.39 is 6.09 Å². The predicted octanol–water partition coefficient (Wildman–Crippen LogP) is 0.898. The van der Waals surface area contributed by atoms with Crippen molar-refractivity contribution in [3.05, 3.63) is 0 Å². The molecule has 0 aromatic rings. The van der Waals surface area contributed by atoms with Gasteiger partial charge in [0, 0.05) is 5.54 Å². The molecule has 1 N–H and O–H groups in total. The molecule has 1 saturated carbocycles. The van der Waals surface area contributed by atoms with Crippen LogP contribution in [0.5, 0.6) is 0 Å². The lowest BCUT2D eigenvalue weighted by molar-refractivity contribution is 0.155. The molecule has 1 amide bonds. The molecule has 0 aromatic heterocycles. The van der Waals surface area contributed by atoms with Gasteiger partial charge in [0.2, 0.25) is 0 Å². The van der Waals surface area contributed by atoms with E-state index in [9.17, 15) is 4.79 Å². The summed E-state index contributed by atoms with van der Waals surface area (Å²) in [4.78, 5) is 10.8. The Balaban J connectivity index is 2.17. The van der Waals surface area contributed by atoms with Crippen molar-refractivity contribution in [3.63, 3.8) is 0 Å². The summed E-state index contributed by atoms with van der Waals surface area (Å²) in [5.41, 5.74) is -0.0221. The van der Waals surface area contributed by atoms with Gasteiger partial charge in [-0.15, -0.1) is 6.42 Å². The largest absolute Gasteiger partial charge is 0.436 e. The van der Waals surface area contributed by atoms with Gasteiger partial charge in [-0.3, -0.25) is 0 Å². The number of hydrogen-bond acceptors (Lipinski definition) is 2. The molecule has 1 aliphatic carbocycles. The van der Waals surface area contributed by atoms with Crippen molar-refractivity contribution in [2.75, 3.05) is 6.61 Å². The molecule has 11 heavy (non-hydrogen) atoms. The number of ether oxygens (including phenoxy) is 1. The van der Waals surface area contributed by atoms with Crippen molar-refractivity contribution in [2.45, 2.75) is 25.3 Å². The average Bonchev–Trinajstić information content (AvgIpc) is 2.63. The topological polar surface area (TPSA) is 38.3 Å². The molecular weight excluding hydrogens is 142 g/mol. The Labute approximate surface area is 66.1 Å². The van der Waals surface area contributed by atoms with Crippen molar-refractivity contribution >= 4 is 6.09 Å². The first-order chi connectivity index (χ1) is 5.16. The quantitative estimate of drug-likeness (QED) is 0.598. The maximum absolute atomic E-state index is 10.8. The fourth-order valence-electron chi connectivity index (χ4n) is 0.702. The minimum Gasteiger partial charge on any atom is -0.436 e. The third kappa shape index (κ3) is 2.50. The van der Waals surface area contributed by atoms with E-state index >= 15 is 0 Å². The molecule has 0 bridgehead atoms. The lowest BCUT2D eigenvalue weighted by atomic mass is 10.3. The molecule has 1 rings (SSSR count). The van der Waals surface area contributed by atoms with Crippen molar-refractivity contribution in [1.82, 2.24) is 5.32 Å². The molecule has 0 saturated heterocycles. The van der Waals surface area contributed by atoms with E-state index in [-0.39, 0.29) is 12.1 Å². The first-order valence-electron chi connectivity index (χ1n) is 3.55. The van der Waals surface area contributed by atoms with Crippen LogP contribution >= 0.6 is 0 Å². The molecule has 1 aliphatic rings. The monoisotopic (exact) mass is 153 g/mol. The van der Waals surface area contributed by atoms with Crippen LogP contribution in [0.4, 0.5) is 4.79 Å². The Hall–Kier alpha value is -1.17. The highest BCUT2D eigenvalue weighted by molar-refractivity contribution is 5.68. The number of nitrogens with one attached hydrogen (secondary N) is 1. The summed E-state index contributed by atoms with van der Waals surface area (Å²) in [6.45, 7) is 2.02.